The van der Waals surface area contributed by atoms with Crippen LogP contribution >= 0.6 is 84.0 Å². The van der Waals surface area contributed by atoms with Gasteiger partial charge >= 0.3 is 35.5 Å². The van der Waals surface area contributed by atoms with Gasteiger partial charge in [0, 0.05) is 40.0 Å². The van der Waals surface area contributed by atoms with E-state index in [9.17, 15) is 43.9 Å². The summed E-state index contributed by atoms with van der Waals surface area (Å²) in [7, 11) is 0. The molecule has 3 aliphatic rings. The van der Waals surface area contributed by atoms with Crippen molar-refractivity contribution in [3.05, 3.63) is 134 Å². The second-order valence-corrected chi connectivity index (χ2v) is 18.4. The summed E-state index contributed by atoms with van der Waals surface area (Å²) in [5.41, 5.74) is -4.15. The highest BCUT2D eigenvalue weighted by Crippen LogP contribution is 2.69. The Morgan fingerprint density at radius 2 is 0.839 bits per heavy atom. The molecule has 21 heteroatoms. The monoisotopic (exact) mass is 972 g/mol. The van der Waals surface area contributed by atoms with Crippen LogP contribution in [0.4, 0.5) is 61.5 Å². The second-order valence-electron chi connectivity index (χ2n) is 11.9. The van der Waals surface area contributed by atoms with Gasteiger partial charge in [-0.05, 0) is 95.7 Å². The molecule has 3 aliphatic carbocycles. The minimum atomic E-state index is -6.06. The summed E-state index contributed by atoms with van der Waals surface area (Å²) in [6.07, 6.45) is 0. The van der Waals surface area contributed by atoms with Gasteiger partial charge in [-0.3, -0.25) is 0 Å². The van der Waals surface area contributed by atoms with Crippen molar-refractivity contribution in [1.29, 1.82) is 0 Å². The molecule has 0 aromatic carbocycles. The summed E-state index contributed by atoms with van der Waals surface area (Å²) in [6, 6.07) is 16.1. The maximum atomic E-state index is 15.2. The van der Waals surface area contributed by atoms with Gasteiger partial charge in [-0.2, -0.15) is 52.7 Å². The number of rotatable bonds is 3. The van der Waals surface area contributed by atoms with Gasteiger partial charge in [-0.1, -0.05) is 18.2 Å². The molecule has 0 radical (unpaired) electrons. The molecule has 0 saturated heterocycles. The average molecular weight is 974 g/mol. The van der Waals surface area contributed by atoms with E-state index in [1.54, 1.807) is 34.8 Å². The third kappa shape index (κ3) is 5.56. The Kier molecular flexibility index (Phi) is 10.3. The van der Waals surface area contributed by atoms with Crippen LogP contribution in [0, 0.1) is 0 Å². The van der Waals surface area contributed by atoms with E-state index >= 15 is 17.6 Å². The fourth-order valence-electron chi connectivity index (χ4n) is 6.31. The van der Waals surface area contributed by atoms with Crippen LogP contribution in [0.5, 0.6) is 0 Å². The van der Waals surface area contributed by atoms with Gasteiger partial charge in [0.1, 0.15) is 5.41 Å². The zero-order valence-electron chi connectivity index (χ0n) is 26.8. The van der Waals surface area contributed by atoms with Crippen molar-refractivity contribution in [2.24, 2.45) is 0 Å². The first-order chi connectivity index (χ1) is 26.1. The predicted molar refractivity (Wildman–Crippen MR) is 197 cm³/mol. The molecular weight excluding hydrogens is 959 g/mol. The Morgan fingerprint density at radius 3 is 1.18 bits per heavy atom. The van der Waals surface area contributed by atoms with E-state index < -0.39 is 63.8 Å². The van der Waals surface area contributed by atoms with Crippen LogP contribution in [0.25, 0.3) is 20.9 Å². The molecule has 0 bridgehead atoms. The topological polar surface area (TPSA) is 0 Å². The van der Waals surface area contributed by atoms with Crippen LogP contribution in [-0.2, 0) is 5.41 Å². The number of allylic oxidation sites excluding steroid dienone is 4. The molecule has 0 fully saturated rings. The smallest absolute Gasteiger partial charge is 0.202 e. The predicted octanol–water partition coefficient (Wildman–Crippen LogP) is 15.8. The lowest BCUT2D eigenvalue weighted by molar-refractivity contribution is -0.271. The normalized spacial score (nSPS) is 21.3. The van der Waals surface area contributed by atoms with Crippen LogP contribution in [0.2, 0.25) is 0 Å². The number of fused-ring (bicyclic) bond motifs is 4. The van der Waals surface area contributed by atoms with Crippen LogP contribution in [0.1, 0.15) is 30.6 Å². The molecule has 9 rings (SSSR count). The number of alkyl halides is 12. The first-order valence-electron chi connectivity index (χ1n) is 15.2. The molecule has 0 amide bonds. The highest BCUT2D eigenvalue weighted by atomic mass is 79.9. The molecule has 0 spiro atoms. The highest BCUT2D eigenvalue weighted by molar-refractivity contribution is 9.10. The molecule has 6 aromatic rings. The van der Waals surface area contributed by atoms with Crippen LogP contribution in [0.3, 0.4) is 0 Å². The van der Waals surface area contributed by atoms with Gasteiger partial charge in [0.15, 0.2) is 0 Å². The molecule has 0 nitrogen and oxygen atoms in total. The molecule has 0 atom stereocenters. The second kappa shape index (κ2) is 13.9. The van der Waals surface area contributed by atoms with Gasteiger partial charge in [0.2, 0.25) is 11.7 Å². The third-order valence-electron chi connectivity index (χ3n) is 8.89. The highest BCUT2D eigenvalue weighted by Gasteiger charge is 2.83. The molecule has 0 unspecified atom stereocenters. The SMILES string of the molecule is Brc1ccsc1-c1cccs1.FC1(F)C2=C(c3ccsc3C(c3cccs3)(c3cccs3)c3sccc32)C(F)(F)C1(F)F.FC1=C(F)C(F)(F)C(F)(F)C1(F)F. The fourth-order valence-corrected chi connectivity index (χ4v) is 13.5. The first-order valence-corrected chi connectivity index (χ1v) is 21.3. The van der Waals surface area contributed by atoms with Crippen LogP contribution in [-0.4, -0.2) is 35.5 Å². The molecule has 6 aromatic heterocycles. The van der Waals surface area contributed by atoms with Crippen molar-refractivity contribution >= 4 is 95.1 Å². The molecule has 0 saturated carbocycles. The maximum Gasteiger partial charge on any atom is 0.385 e. The lowest BCUT2D eigenvalue weighted by atomic mass is 9.78. The summed E-state index contributed by atoms with van der Waals surface area (Å²) >= 11 is 12.0. The van der Waals surface area contributed by atoms with Crippen molar-refractivity contribution in [1.82, 2.24) is 0 Å². The summed E-state index contributed by atoms with van der Waals surface area (Å²) < 4.78 is 186. The van der Waals surface area contributed by atoms with E-state index in [1.165, 1.54) is 59.8 Å². The molecule has 0 N–H and O–H groups in total. The third-order valence-corrected chi connectivity index (χ3v) is 15.8. The van der Waals surface area contributed by atoms with E-state index in [4.69, 9.17) is 0 Å². The molecule has 6 heterocycles. The Bertz CT molecular complexity index is 2300. The average Bonchev–Trinajstić information content (AvgIpc) is 3.98. The minimum Gasteiger partial charge on any atom is -0.202 e. The van der Waals surface area contributed by atoms with Crippen LogP contribution < -0.4 is 0 Å². The van der Waals surface area contributed by atoms with Gasteiger partial charge in [-0.25, -0.2) is 8.78 Å². The van der Waals surface area contributed by atoms with E-state index in [-0.39, 0.29) is 11.1 Å². The van der Waals surface area contributed by atoms with Crippen molar-refractivity contribution in [2.45, 2.75) is 41.0 Å². The van der Waals surface area contributed by atoms with Crippen molar-refractivity contribution in [3.8, 4) is 9.75 Å². The Balaban J connectivity index is 0.000000164. The van der Waals surface area contributed by atoms with Gasteiger partial charge in [0.05, 0.1) is 4.88 Å². The summed E-state index contributed by atoms with van der Waals surface area (Å²) in [6.45, 7) is 0. The Hall–Kier alpha value is -2.82. The number of thiophene rings is 6. The maximum absolute atomic E-state index is 15.2. The van der Waals surface area contributed by atoms with Crippen molar-refractivity contribution in [2.75, 3.05) is 0 Å². The zero-order chi connectivity index (χ0) is 40.9. The quantitative estimate of drug-likeness (QED) is 0.155. The molecule has 0 aliphatic heterocycles. The number of hydrogen-bond donors (Lipinski definition) is 0. The summed E-state index contributed by atoms with van der Waals surface area (Å²) in [5.74, 6) is -40.1. The minimum absolute atomic E-state index is 0.239. The fraction of sp³-hybridized carbons (Fsp3) is 0.200. The van der Waals surface area contributed by atoms with Crippen LogP contribution in [0.15, 0.2) is 103 Å². The molecule has 296 valence electrons. The number of hydrogen-bond acceptors (Lipinski definition) is 6. The Morgan fingerprint density at radius 1 is 0.429 bits per heavy atom. The van der Waals surface area contributed by atoms with Crippen molar-refractivity contribution in [3.63, 3.8) is 0 Å². The van der Waals surface area contributed by atoms with E-state index in [0.717, 1.165) is 32.4 Å². The van der Waals surface area contributed by atoms with Crippen molar-refractivity contribution < 1.29 is 61.5 Å². The largest absolute Gasteiger partial charge is 0.385 e. The standard InChI is InChI=1S/C22H10F6S4.C8H5BrS2.C5F8/c23-20(24)15-11-5-9-31-17(11)19(13-3-1-7-29-13,14-4-2-8-30-14)18-12(6-10-32-18)16(15)21(25,26)22(20,27)28;9-6-3-5-11-8(6)7-2-1-4-10-7;6-1-2(7)4(10,11)5(12,13)3(1,8)9/h1-10H;1-5H;. The van der Waals surface area contributed by atoms with E-state index in [2.05, 4.69) is 44.9 Å². The Labute approximate surface area is 338 Å². The van der Waals surface area contributed by atoms with E-state index in [0.29, 0.717) is 9.75 Å². The van der Waals surface area contributed by atoms with Gasteiger partial charge in [-0.15, -0.1) is 68.0 Å². The summed E-state index contributed by atoms with van der Waals surface area (Å²) in [5, 5.41) is 10.9. The first kappa shape index (κ1) is 41.3. The summed E-state index contributed by atoms with van der Waals surface area (Å²) in [4.78, 5) is 4.89. The lowest BCUT2D eigenvalue weighted by Gasteiger charge is -2.34. The van der Waals surface area contributed by atoms with Gasteiger partial charge in [0.25, 0.3) is 0 Å². The molecule has 56 heavy (non-hydrogen) atoms. The molecular formula is C35H15BrF14S6. The lowest BCUT2D eigenvalue weighted by Crippen LogP contribution is -2.49. The van der Waals surface area contributed by atoms with E-state index in [1.807, 2.05) is 22.9 Å². The zero-order valence-corrected chi connectivity index (χ0v) is 33.3. The van der Waals surface area contributed by atoms with Gasteiger partial charge < -0.3 is 0 Å². The number of halogens is 15.